The van der Waals surface area contributed by atoms with Gasteiger partial charge in [0.1, 0.15) is 11.7 Å². The van der Waals surface area contributed by atoms with Gasteiger partial charge in [-0.05, 0) is 32.1 Å². The van der Waals surface area contributed by atoms with E-state index in [0.29, 0.717) is 24.7 Å². The SMILES string of the molecule is CC(C)[C@H](C)C[C@]1(O)CC[C@@H]2OC3C[C@]2(C[C@H]2OC(C)(C)O[C@H]32)O1. The van der Waals surface area contributed by atoms with Gasteiger partial charge in [0.25, 0.3) is 0 Å². The number of hydrogen-bond donors (Lipinski definition) is 1. The fourth-order valence-corrected chi connectivity index (χ4v) is 5.09. The van der Waals surface area contributed by atoms with Crippen LogP contribution in [0, 0.1) is 11.8 Å². The lowest BCUT2D eigenvalue weighted by atomic mass is 9.75. The van der Waals surface area contributed by atoms with E-state index in [1.165, 1.54) is 0 Å². The summed E-state index contributed by atoms with van der Waals surface area (Å²) in [5, 5.41) is 11.1. The number of ether oxygens (including phenoxy) is 4. The first-order valence-electron chi connectivity index (χ1n) is 9.55. The van der Waals surface area contributed by atoms with Crippen LogP contribution in [0.15, 0.2) is 0 Å². The van der Waals surface area contributed by atoms with Gasteiger partial charge in [0.05, 0.1) is 18.3 Å². The third-order valence-electron chi connectivity index (χ3n) is 6.58. The molecule has 138 valence electrons. The normalized spacial score (nSPS) is 50.6. The molecule has 7 atom stereocenters. The van der Waals surface area contributed by atoms with Crippen molar-refractivity contribution in [2.75, 3.05) is 0 Å². The van der Waals surface area contributed by atoms with Gasteiger partial charge in [-0.2, -0.15) is 0 Å². The summed E-state index contributed by atoms with van der Waals surface area (Å²) in [6.45, 7) is 10.5. The molecule has 0 aromatic heterocycles. The van der Waals surface area contributed by atoms with Gasteiger partial charge in [0.2, 0.25) is 0 Å². The molecule has 3 heterocycles. The molecular formula is C19H32O5. The van der Waals surface area contributed by atoms with Crippen LogP contribution in [-0.2, 0) is 18.9 Å². The molecule has 3 aliphatic heterocycles. The van der Waals surface area contributed by atoms with Gasteiger partial charge in [-0.3, -0.25) is 0 Å². The van der Waals surface area contributed by atoms with Crippen LogP contribution in [0.1, 0.15) is 66.7 Å². The summed E-state index contributed by atoms with van der Waals surface area (Å²) in [6.07, 6.45) is 3.78. The molecule has 4 rings (SSSR count). The van der Waals surface area contributed by atoms with E-state index >= 15 is 0 Å². The molecule has 1 unspecified atom stereocenters. The van der Waals surface area contributed by atoms with E-state index in [2.05, 4.69) is 20.8 Å². The third kappa shape index (κ3) is 2.73. The Hall–Kier alpha value is -0.200. The van der Waals surface area contributed by atoms with Gasteiger partial charge >= 0.3 is 0 Å². The number of rotatable bonds is 3. The van der Waals surface area contributed by atoms with Crippen molar-refractivity contribution in [2.24, 2.45) is 11.8 Å². The molecule has 4 fully saturated rings. The first kappa shape index (κ1) is 17.2. The average molecular weight is 340 g/mol. The highest BCUT2D eigenvalue weighted by Gasteiger charge is 2.65. The van der Waals surface area contributed by atoms with Crippen molar-refractivity contribution in [1.29, 1.82) is 0 Å². The summed E-state index contributed by atoms with van der Waals surface area (Å²) in [5.74, 6) is -0.655. The van der Waals surface area contributed by atoms with Crippen LogP contribution in [0.4, 0.5) is 0 Å². The highest BCUT2D eigenvalue weighted by molar-refractivity contribution is 5.12. The van der Waals surface area contributed by atoms with E-state index in [0.717, 1.165) is 19.3 Å². The molecule has 1 N–H and O–H groups in total. The minimum Gasteiger partial charge on any atom is -0.369 e. The molecule has 0 aromatic rings. The minimum absolute atomic E-state index is 0.00591. The number of aliphatic hydroxyl groups is 1. The lowest BCUT2D eigenvalue weighted by Gasteiger charge is -2.49. The predicted molar refractivity (Wildman–Crippen MR) is 88.3 cm³/mol. The molecule has 0 radical (unpaired) electrons. The van der Waals surface area contributed by atoms with Crippen molar-refractivity contribution in [3.05, 3.63) is 0 Å². The maximum absolute atomic E-state index is 11.1. The monoisotopic (exact) mass is 340 g/mol. The summed E-state index contributed by atoms with van der Waals surface area (Å²) in [7, 11) is 0. The molecule has 1 spiro atoms. The Labute approximate surface area is 145 Å². The average Bonchev–Trinajstić information content (AvgIpc) is 2.92. The Morgan fingerprint density at radius 2 is 1.79 bits per heavy atom. The Bertz CT molecular complexity index is 506. The van der Waals surface area contributed by atoms with Crippen LogP contribution >= 0.6 is 0 Å². The Morgan fingerprint density at radius 3 is 2.50 bits per heavy atom. The molecule has 0 amide bonds. The smallest absolute Gasteiger partial charge is 0.166 e. The molecule has 5 heteroatoms. The molecule has 4 aliphatic rings. The minimum atomic E-state index is -1.04. The zero-order valence-corrected chi connectivity index (χ0v) is 15.6. The molecule has 3 saturated heterocycles. The Balaban J connectivity index is 1.53. The molecule has 0 aromatic carbocycles. The highest BCUT2D eigenvalue weighted by atomic mass is 16.8. The van der Waals surface area contributed by atoms with Crippen LogP contribution in [0.5, 0.6) is 0 Å². The van der Waals surface area contributed by atoms with Crippen molar-refractivity contribution in [3.63, 3.8) is 0 Å². The van der Waals surface area contributed by atoms with Crippen LogP contribution in [0.25, 0.3) is 0 Å². The lowest BCUT2D eigenvalue weighted by Crippen LogP contribution is -2.58. The van der Waals surface area contributed by atoms with Gasteiger partial charge in [0.15, 0.2) is 11.6 Å². The Morgan fingerprint density at radius 1 is 1.08 bits per heavy atom. The largest absolute Gasteiger partial charge is 0.369 e. The molecule has 5 nitrogen and oxygen atoms in total. The maximum atomic E-state index is 11.1. The van der Waals surface area contributed by atoms with Gasteiger partial charge in [-0.15, -0.1) is 0 Å². The number of fused-ring (bicyclic) bond motifs is 3. The van der Waals surface area contributed by atoms with Gasteiger partial charge in [-0.25, -0.2) is 0 Å². The highest BCUT2D eigenvalue weighted by Crippen LogP contribution is 2.55. The van der Waals surface area contributed by atoms with Crippen molar-refractivity contribution in [2.45, 2.75) is 108 Å². The molecule has 24 heavy (non-hydrogen) atoms. The standard InChI is InChI=1S/C19H32O5/c1-11(2)12(3)8-19(20)7-6-15-18(24-19)9-13(21-15)16-14(10-18)22-17(4,5)23-16/h11-16,20H,6-10H2,1-5H3/t12-,13?,14-,15+,16-,18-,19+/m1/s1. The van der Waals surface area contributed by atoms with Crippen molar-refractivity contribution in [3.8, 4) is 0 Å². The zero-order chi connectivity index (χ0) is 17.3. The van der Waals surface area contributed by atoms with E-state index in [1.54, 1.807) is 0 Å². The number of hydrogen-bond acceptors (Lipinski definition) is 5. The predicted octanol–water partition coefficient (Wildman–Crippen LogP) is 2.99. The van der Waals surface area contributed by atoms with E-state index in [4.69, 9.17) is 18.9 Å². The summed E-state index contributed by atoms with van der Waals surface area (Å²) in [5.41, 5.74) is -0.417. The first-order chi connectivity index (χ1) is 11.1. The fraction of sp³-hybridized carbons (Fsp3) is 1.00. The van der Waals surface area contributed by atoms with E-state index in [1.807, 2.05) is 13.8 Å². The van der Waals surface area contributed by atoms with Gasteiger partial charge < -0.3 is 24.1 Å². The molecular weight excluding hydrogens is 308 g/mol. The van der Waals surface area contributed by atoms with Crippen LogP contribution in [0.2, 0.25) is 0 Å². The molecule has 1 aliphatic carbocycles. The topological polar surface area (TPSA) is 57.2 Å². The summed E-state index contributed by atoms with van der Waals surface area (Å²) >= 11 is 0. The quantitative estimate of drug-likeness (QED) is 0.856. The van der Waals surface area contributed by atoms with Crippen LogP contribution in [-0.4, -0.2) is 46.7 Å². The summed E-state index contributed by atoms with van der Waals surface area (Å²) < 4.78 is 24.9. The molecule has 1 saturated carbocycles. The molecule has 2 bridgehead atoms. The van der Waals surface area contributed by atoms with Crippen molar-refractivity contribution in [1.82, 2.24) is 0 Å². The van der Waals surface area contributed by atoms with Gasteiger partial charge in [0, 0.05) is 25.7 Å². The maximum Gasteiger partial charge on any atom is 0.166 e. The zero-order valence-electron chi connectivity index (χ0n) is 15.6. The van der Waals surface area contributed by atoms with E-state index in [9.17, 15) is 5.11 Å². The Kier molecular flexibility index (Phi) is 3.87. The van der Waals surface area contributed by atoms with E-state index in [-0.39, 0.29) is 24.4 Å². The second-order valence-corrected chi connectivity index (χ2v) is 9.29. The second kappa shape index (κ2) is 5.40. The van der Waals surface area contributed by atoms with Gasteiger partial charge in [-0.1, -0.05) is 20.8 Å². The lowest BCUT2D eigenvalue weighted by molar-refractivity contribution is -0.317. The summed E-state index contributed by atoms with van der Waals surface area (Å²) in [4.78, 5) is 0. The van der Waals surface area contributed by atoms with Crippen LogP contribution < -0.4 is 0 Å². The first-order valence-corrected chi connectivity index (χ1v) is 9.55. The van der Waals surface area contributed by atoms with Crippen molar-refractivity contribution >= 4 is 0 Å². The van der Waals surface area contributed by atoms with Crippen molar-refractivity contribution < 1.29 is 24.1 Å². The third-order valence-corrected chi connectivity index (χ3v) is 6.58. The second-order valence-electron chi connectivity index (χ2n) is 9.29. The van der Waals surface area contributed by atoms with E-state index < -0.39 is 17.2 Å². The van der Waals surface area contributed by atoms with Crippen LogP contribution in [0.3, 0.4) is 0 Å². The summed E-state index contributed by atoms with van der Waals surface area (Å²) in [6, 6.07) is 0. The fourth-order valence-electron chi connectivity index (χ4n) is 5.09.